The summed E-state index contributed by atoms with van der Waals surface area (Å²) in [4.78, 5) is 95.3. The number of ketones is 1. The second-order valence-corrected chi connectivity index (χ2v) is 33.8. The quantitative estimate of drug-likeness (QED) is 0.0215. The van der Waals surface area contributed by atoms with Gasteiger partial charge in [-0.2, -0.15) is 0 Å². The Morgan fingerprint density at radius 3 is 1.91 bits per heavy atom. The standard InChI is InChI=1S/C59H77N7O14Si2/c1-15-82(16-2,17-3)79-43-31-44-58(33-74-44,78-36(6)68)49-51(77-53(71)39-28-40(63-65-60)30-41(29-39)64-66-61)59(73)32-42(34(4)45(56(59,10)11)47(75-35(5)67)50(69)57(43,49)12)76-54(72)48(80-81(13,14)55(7,8)9)46(37-24-20-18-21-25-37)62-52(70)38-26-22-19-23-27-38/h18-30,42-44,46-49,51,73H,15-17,31-33H2,1-14H3,(H,62,70)/t42-,43-,44+,46-,47+,48+,49-,51-,57+,58-,59+/m0/s1. The molecule has 3 fully saturated rings. The number of Topliss-reactive ketones (excluding diaryl/α,β-unsaturated/α-hetero) is 1. The Balaban J connectivity index is 1.53. The summed E-state index contributed by atoms with van der Waals surface area (Å²) in [5.41, 5.74) is 11.4. The summed E-state index contributed by atoms with van der Waals surface area (Å²) in [6, 6.07) is 21.6. The van der Waals surface area contributed by atoms with Gasteiger partial charge in [-0.05, 0) is 108 Å². The van der Waals surface area contributed by atoms with E-state index in [9.17, 15) is 30.6 Å². The van der Waals surface area contributed by atoms with Crippen molar-refractivity contribution < 1.29 is 66.4 Å². The molecule has 0 radical (unpaired) electrons. The first kappa shape index (κ1) is 62.9. The molecule has 23 heteroatoms. The number of rotatable bonds is 19. The van der Waals surface area contributed by atoms with E-state index in [0.717, 1.165) is 6.92 Å². The fourth-order valence-electron chi connectivity index (χ4n) is 12.6. The van der Waals surface area contributed by atoms with E-state index in [2.05, 4.69) is 25.4 Å². The fraction of sp³-hybridized carbons (Fsp3) is 0.559. The number of esters is 4. The van der Waals surface area contributed by atoms with Gasteiger partial charge in [0.05, 0.1) is 35.6 Å². The van der Waals surface area contributed by atoms with Crippen LogP contribution in [-0.4, -0.2) is 112 Å². The van der Waals surface area contributed by atoms with E-state index >= 15 is 14.4 Å². The number of benzene rings is 3. The zero-order valence-corrected chi connectivity index (χ0v) is 51.3. The molecule has 4 aliphatic rings. The van der Waals surface area contributed by atoms with Crippen LogP contribution >= 0.6 is 0 Å². The van der Waals surface area contributed by atoms with Crippen LogP contribution < -0.4 is 5.32 Å². The SMILES string of the molecule is CC[Si](CC)(CC)O[C@H]1C[C@H]2OC[C@@]2(OC(C)=O)[C@H]2[C@H](OC(=O)c3cc(N=[N+]=[N-])cc(N=[N+]=[N-])c3)[C@]3(O)C[C@H](OC(=O)[C@H](O[Si](C)(C)C(C)(C)C)[C@@H](NC(=O)c4ccccc4)c4ccccc4)C(C)=C([C@@H](OC(C)=O)C(=O)[C@]12C)C3(C)C. The molecule has 0 unspecified atom stereocenters. The summed E-state index contributed by atoms with van der Waals surface area (Å²) >= 11 is 0. The fourth-order valence-corrected chi connectivity index (χ4v) is 16.8. The second-order valence-electron chi connectivity index (χ2n) is 24.3. The van der Waals surface area contributed by atoms with Gasteiger partial charge in [0, 0.05) is 58.9 Å². The van der Waals surface area contributed by atoms with Crippen molar-refractivity contribution in [1.82, 2.24) is 5.32 Å². The first-order chi connectivity index (χ1) is 38.4. The molecular weight excluding hydrogens is 1090 g/mol. The Hall–Kier alpha value is -6.69. The predicted molar refractivity (Wildman–Crippen MR) is 307 cm³/mol. The Labute approximate surface area is 480 Å². The molecule has 2 saturated carbocycles. The predicted octanol–water partition coefficient (Wildman–Crippen LogP) is 11.7. The minimum absolute atomic E-state index is 0.00292. The molecule has 1 amide bonds. The van der Waals surface area contributed by atoms with Gasteiger partial charge in [-0.25, -0.2) is 9.59 Å². The molecule has 2 N–H and O–H groups in total. The number of nitrogens with zero attached hydrogens (tertiary/aromatic N) is 6. The Morgan fingerprint density at radius 2 is 1.41 bits per heavy atom. The molecule has 0 aromatic heterocycles. The van der Waals surface area contributed by atoms with Gasteiger partial charge in [-0.15, -0.1) is 0 Å². The summed E-state index contributed by atoms with van der Waals surface area (Å²) in [5, 5.41) is 24.4. The average Bonchev–Trinajstić information content (AvgIpc) is 0.910. The number of fused-ring (bicyclic) bond motifs is 5. The van der Waals surface area contributed by atoms with Crippen LogP contribution in [0.15, 0.2) is 100 Å². The highest BCUT2D eigenvalue weighted by molar-refractivity contribution is 6.74. The molecule has 3 aromatic carbocycles. The van der Waals surface area contributed by atoms with Crippen molar-refractivity contribution >= 4 is 63.6 Å². The number of hydrogen-bond acceptors (Lipinski definition) is 16. The van der Waals surface area contributed by atoms with Crippen molar-refractivity contribution in [2.45, 2.75) is 186 Å². The van der Waals surface area contributed by atoms with Gasteiger partial charge in [-0.1, -0.05) is 114 Å². The number of nitrogens with one attached hydrogen (secondary N) is 1. The molecule has 21 nitrogen and oxygen atoms in total. The molecule has 3 aliphatic carbocycles. The zero-order valence-electron chi connectivity index (χ0n) is 49.3. The minimum Gasteiger partial charge on any atom is -0.456 e. The molecule has 0 spiro atoms. The maximum absolute atomic E-state index is 16.7. The van der Waals surface area contributed by atoms with Crippen molar-refractivity contribution in [3.05, 3.63) is 128 Å². The van der Waals surface area contributed by atoms with E-state index in [0.29, 0.717) is 29.3 Å². The number of carbonyl (C=O) groups excluding carboxylic acids is 6. The van der Waals surface area contributed by atoms with Gasteiger partial charge < -0.3 is 43.0 Å². The smallest absolute Gasteiger partial charge is 0.338 e. The number of azide groups is 2. The summed E-state index contributed by atoms with van der Waals surface area (Å²) in [6.07, 6.45) is -9.52. The van der Waals surface area contributed by atoms with Crippen LogP contribution in [0.4, 0.5) is 11.4 Å². The Kier molecular flexibility index (Phi) is 18.3. The Morgan fingerprint density at radius 1 is 0.841 bits per heavy atom. The minimum atomic E-state index is -3.01. The van der Waals surface area contributed by atoms with E-state index in [1.54, 1.807) is 88.4 Å². The molecule has 1 saturated heterocycles. The van der Waals surface area contributed by atoms with E-state index in [4.69, 9.17) is 32.5 Å². The van der Waals surface area contributed by atoms with Crippen LogP contribution in [0.5, 0.6) is 0 Å². The first-order valence-corrected chi connectivity index (χ1v) is 33.3. The molecule has 3 aromatic rings. The lowest BCUT2D eigenvalue weighted by molar-refractivity contribution is -0.344. The van der Waals surface area contributed by atoms with Gasteiger partial charge in [0.15, 0.2) is 40.2 Å². The molecular formula is C59H77N7O14Si2. The third kappa shape index (κ3) is 11.5. The maximum Gasteiger partial charge on any atom is 0.338 e. The third-order valence-electron chi connectivity index (χ3n) is 18.4. The number of ether oxygens (including phenoxy) is 5. The maximum atomic E-state index is 16.7. The molecule has 2 bridgehead atoms. The van der Waals surface area contributed by atoms with Crippen molar-refractivity contribution in [2.75, 3.05) is 6.61 Å². The van der Waals surface area contributed by atoms with Crippen LogP contribution in [0.2, 0.25) is 36.3 Å². The van der Waals surface area contributed by atoms with Crippen LogP contribution in [0.3, 0.4) is 0 Å². The van der Waals surface area contributed by atoms with Crippen molar-refractivity contribution in [1.29, 1.82) is 0 Å². The lowest BCUT2D eigenvalue weighted by Gasteiger charge is -2.68. The number of hydrogen-bond donors (Lipinski definition) is 2. The number of aliphatic hydroxyl groups is 1. The normalized spacial score (nSPS) is 27.4. The Bertz CT molecular complexity index is 3060. The second kappa shape index (κ2) is 23.9. The highest BCUT2D eigenvalue weighted by atomic mass is 28.4. The van der Waals surface area contributed by atoms with Gasteiger partial charge >= 0.3 is 23.9 Å². The topological polar surface area (TPSA) is 297 Å². The van der Waals surface area contributed by atoms with Gasteiger partial charge in [0.25, 0.3) is 5.91 Å². The monoisotopic (exact) mass is 1160 g/mol. The lowest BCUT2D eigenvalue weighted by atomic mass is 9.44. The summed E-state index contributed by atoms with van der Waals surface area (Å²) in [6.45, 7) is 24.3. The van der Waals surface area contributed by atoms with E-state index < -0.39 is 134 Å². The molecule has 1 heterocycles. The van der Waals surface area contributed by atoms with Gasteiger partial charge in [0.1, 0.15) is 23.9 Å². The van der Waals surface area contributed by atoms with Crippen LogP contribution in [0, 0.1) is 16.7 Å². The zero-order chi connectivity index (χ0) is 60.5. The van der Waals surface area contributed by atoms with Crippen LogP contribution in [0.1, 0.15) is 128 Å². The van der Waals surface area contributed by atoms with Gasteiger partial charge in [-0.3, -0.25) is 19.2 Å². The molecule has 440 valence electrons. The highest BCUT2D eigenvalue weighted by Crippen LogP contribution is 2.65. The summed E-state index contributed by atoms with van der Waals surface area (Å²) < 4.78 is 47.0. The average molecular weight is 1160 g/mol. The van der Waals surface area contributed by atoms with Gasteiger partial charge in [0.2, 0.25) is 0 Å². The lowest BCUT2D eigenvalue weighted by Crippen LogP contribution is -2.82. The molecule has 82 heavy (non-hydrogen) atoms. The van der Waals surface area contributed by atoms with Crippen molar-refractivity contribution in [3.8, 4) is 0 Å². The molecule has 1 aliphatic heterocycles. The number of amides is 1. The van der Waals surface area contributed by atoms with Crippen molar-refractivity contribution in [3.63, 3.8) is 0 Å². The van der Waals surface area contributed by atoms with E-state index in [-0.39, 0.29) is 41.1 Å². The highest BCUT2D eigenvalue weighted by Gasteiger charge is 2.79. The first-order valence-electron chi connectivity index (χ1n) is 27.8. The summed E-state index contributed by atoms with van der Waals surface area (Å²) in [7, 11) is -5.77. The summed E-state index contributed by atoms with van der Waals surface area (Å²) in [5.74, 6) is -6.63. The van der Waals surface area contributed by atoms with E-state index in [1.807, 2.05) is 54.6 Å². The third-order valence-corrected chi connectivity index (χ3v) is 27.5. The van der Waals surface area contributed by atoms with Crippen LogP contribution in [0.25, 0.3) is 20.9 Å². The number of carbonyl (C=O) groups is 6. The molecule has 11 atom stereocenters. The van der Waals surface area contributed by atoms with Crippen molar-refractivity contribution in [2.24, 2.45) is 27.0 Å². The largest absolute Gasteiger partial charge is 0.456 e. The van der Waals surface area contributed by atoms with E-state index in [1.165, 1.54) is 25.1 Å². The van der Waals surface area contributed by atoms with Crippen LogP contribution in [-0.2, 0) is 51.7 Å². The molecule has 7 rings (SSSR count).